The Hall–Kier alpha value is -3.90. The van der Waals surface area contributed by atoms with Crippen molar-refractivity contribution >= 4 is 11.7 Å². The lowest BCUT2D eigenvalue weighted by Gasteiger charge is -2.58. The predicted molar refractivity (Wildman–Crippen MR) is 175 cm³/mol. The Morgan fingerprint density at radius 3 is 2.70 bits per heavy atom. The van der Waals surface area contributed by atoms with E-state index in [1.165, 1.54) is 55.3 Å². The molecule has 1 aliphatic carbocycles. The van der Waals surface area contributed by atoms with Gasteiger partial charge in [0, 0.05) is 81.1 Å². The number of hydrogen-bond acceptors (Lipinski definition) is 10. The summed E-state index contributed by atoms with van der Waals surface area (Å²) in [4.78, 5) is 31.2. The summed E-state index contributed by atoms with van der Waals surface area (Å²) in [6.45, 7) is 13.4. The van der Waals surface area contributed by atoms with Crippen molar-refractivity contribution in [3.05, 3.63) is 59.4 Å². The molecule has 0 N–H and O–H groups in total. The molecule has 250 valence electrons. The SMILES string of the molecule is CCN(C(=O)c1cc(F)ccc1Oc1nncnc1N1CC2(CC(Oc3ccnc4c3CN(CCC3CN(C)C3)CC4)C2)C1)C(C)C. The van der Waals surface area contributed by atoms with Crippen molar-refractivity contribution in [1.82, 2.24) is 34.9 Å². The molecule has 2 aromatic heterocycles. The zero-order chi connectivity index (χ0) is 32.7. The fourth-order valence-electron chi connectivity index (χ4n) is 7.79. The average Bonchev–Trinajstić information content (AvgIpc) is 3.00. The van der Waals surface area contributed by atoms with Crippen LogP contribution in [0.25, 0.3) is 0 Å². The Kier molecular flexibility index (Phi) is 8.73. The largest absolute Gasteiger partial charge is 0.490 e. The van der Waals surface area contributed by atoms with Crippen LogP contribution in [0.4, 0.5) is 10.2 Å². The van der Waals surface area contributed by atoms with Crippen LogP contribution in [0.3, 0.4) is 0 Å². The lowest BCUT2D eigenvalue weighted by atomic mass is 9.61. The van der Waals surface area contributed by atoms with Gasteiger partial charge in [0.05, 0.1) is 5.56 Å². The summed E-state index contributed by atoms with van der Waals surface area (Å²) < 4.78 is 27.0. The molecule has 47 heavy (non-hydrogen) atoms. The second-order valence-corrected chi connectivity index (χ2v) is 14.2. The monoisotopic (exact) mass is 644 g/mol. The zero-order valence-electron chi connectivity index (χ0n) is 27.9. The van der Waals surface area contributed by atoms with E-state index in [1.54, 1.807) is 4.90 Å². The van der Waals surface area contributed by atoms with E-state index < -0.39 is 5.82 Å². The number of carbonyl (C=O) groups is 1. The summed E-state index contributed by atoms with van der Waals surface area (Å²) in [5.74, 6) is 1.98. The van der Waals surface area contributed by atoms with E-state index >= 15 is 0 Å². The van der Waals surface area contributed by atoms with E-state index in [4.69, 9.17) is 9.47 Å². The second kappa shape index (κ2) is 13.0. The van der Waals surface area contributed by atoms with Crippen molar-refractivity contribution in [2.75, 3.05) is 57.8 Å². The quantitative estimate of drug-likeness (QED) is 0.298. The molecule has 0 atom stereocenters. The molecular weight excluding hydrogens is 599 g/mol. The molecule has 5 heterocycles. The van der Waals surface area contributed by atoms with Crippen LogP contribution >= 0.6 is 0 Å². The topological polar surface area (TPSA) is 100 Å². The minimum atomic E-state index is -0.508. The Morgan fingerprint density at radius 2 is 1.96 bits per heavy atom. The Labute approximate surface area is 276 Å². The fourth-order valence-corrected chi connectivity index (χ4v) is 7.79. The lowest BCUT2D eigenvalue weighted by molar-refractivity contribution is -0.0353. The smallest absolute Gasteiger partial charge is 0.282 e. The highest BCUT2D eigenvalue weighted by Crippen LogP contribution is 2.52. The number of rotatable bonds is 11. The van der Waals surface area contributed by atoms with Gasteiger partial charge in [0.2, 0.25) is 0 Å². The standard InChI is InChI=1S/C35H45FN8O3/c1-5-44(23(2)3)34(45)27-14-25(36)6-7-30(27)47-33-32(38-22-39-40-33)43-20-35(21-43)15-26(16-35)46-31-8-11-37-29-10-13-42(19-28(29)31)12-9-24-17-41(4)18-24/h6-8,11,14,22-24,26H,5,9-10,12-13,15-21H2,1-4H3. The molecule has 1 amide bonds. The first kappa shape index (κ1) is 31.7. The first-order chi connectivity index (χ1) is 22.7. The van der Waals surface area contributed by atoms with Crippen LogP contribution in [0.1, 0.15) is 61.6 Å². The van der Waals surface area contributed by atoms with Gasteiger partial charge in [0.15, 0.2) is 5.82 Å². The number of fused-ring (bicyclic) bond motifs is 1. The summed E-state index contributed by atoms with van der Waals surface area (Å²) in [5.41, 5.74) is 2.72. The molecule has 0 unspecified atom stereocenters. The number of likely N-dealkylation sites (tertiary alicyclic amines) is 1. The molecule has 1 saturated carbocycles. The first-order valence-corrected chi connectivity index (χ1v) is 17.0. The van der Waals surface area contributed by atoms with Crippen LogP contribution in [0.2, 0.25) is 0 Å². The van der Waals surface area contributed by atoms with Gasteiger partial charge in [-0.3, -0.25) is 14.7 Å². The summed E-state index contributed by atoms with van der Waals surface area (Å²) in [6.07, 6.45) is 7.61. The van der Waals surface area contributed by atoms with Gasteiger partial charge in [-0.2, -0.15) is 0 Å². The number of amides is 1. The maximum Gasteiger partial charge on any atom is 0.282 e. The third-order valence-electron chi connectivity index (χ3n) is 10.3. The van der Waals surface area contributed by atoms with Gasteiger partial charge in [-0.25, -0.2) is 9.37 Å². The van der Waals surface area contributed by atoms with Crippen LogP contribution in [0.15, 0.2) is 36.8 Å². The first-order valence-electron chi connectivity index (χ1n) is 17.0. The van der Waals surface area contributed by atoms with E-state index in [-0.39, 0.29) is 40.7 Å². The van der Waals surface area contributed by atoms with Crippen molar-refractivity contribution < 1.29 is 18.7 Å². The highest BCUT2D eigenvalue weighted by atomic mass is 19.1. The average molecular weight is 645 g/mol. The van der Waals surface area contributed by atoms with E-state index in [2.05, 4.69) is 41.9 Å². The normalized spacial score (nSPS) is 19.6. The van der Waals surface area contributed by atoms with Crippen LogP contribution in [-0.2, 0) is 13.0 Å². The minimum absolute atomic E-state index is 0.0482. The van der Waals surface area contributed by atoms with Crippen LogP contribution < -0.4 is 14.4 Å². The van der Waals surface area contributed by atoms with Crippen LogP contribution in [0.5, 0.6) is 17.4 Å². The molecule has 3 aliphatic heterocycles. The highest BCUT2D eigenvalue weighted by Gasteiger charge is 2.54. The predicted octanol–water partition coefficient (Wildman–Crippen LogP) is 4.43. The maximum absolute atomic E-state index is 14.3. The molecule has 2 saturated heterocycles. The number of halogens is 1. The van der Waals surface area contributed by atoms with Gasteiger partial charge in [0.1, 0.15) is 29.7 Å². The Morgan fingerprint density at radius 1 is 1.15 bits per heavy atom. The van der Waals surface area contributed by atoms with Gasteiger partial charge in [-0.1, -0.05) is 0 Å². The molecular formula is C35H45FN8O3. The molecule has 0 bridgehead atoms. The third kappa shape index (κ3) is 6.49. The molecule has 7 rings (SSSR count). The van der Waals surface area contributed by atoms with E-state index in [0.717, 1.165) is 63.7 Å². The van der Waals surface area contributed by atoms with E-state index in [1.807, 2.05) is 33.0 Å². The lowest BCUT2D eigenvalue weighted by Crippen LogP contribution is -2.65. The molecule has 1 aromatic carbocycles. The number of anilines is 1. The van der Waals surface area contributed by atoms with Gasteiger partial charge < -0.3 is 24.2 Å². The molecule has 1 spiro atoms. The van der Waals surface area contributed by atoms with Gasteiger partial charge in [0.25, 0.3) is 11.8 Å². The molecule has 12 heteroatoms. The Bertz CT molecular complexity index is 1600. The van der Waals surface area contributed by atoms with Crippen molar-refractivity contribution in [1.29, 1.82) is 0 Å². The van der Waals surface area contributed by atoms with Crippen molar-refractivity contribution in [2.45, 2.75) is 65.1 Å². The van der Waals surface area contributed by atoms with E-state index in [9.17, 15) is 9.18 Å². The number of benzene rings is 1. The summed E-state index contributed by atoms with van der Waals surface area (Å²) in [7, 11) is 2.19. The molecule has 0 radical (unpaired) electrons. The minimum Gasteiger partial charge on any atom is -0.490 e. The number of aromatic nitrogens is 4. The maximum atomic E-state index is 14.3. The fraction of sp³-hybridized carbons (Fsp3) is 0.571. The van der Waals surface area contributed by atoms with Gasteiger partial charge in [-0.05, 0) is 83.8 Å². The number of ether oxygens (including phenoxy) is 2. The summed E-state index contributed by atoms with van der Waals surface area (Å²) in [5, 5.41) is 8.15. The number of hydrogen-bond donors (Lipinski definition) is 0. The van der Waals surface area contributed by atoms with E-state index in [0.29, 0.717) is 12.4 Å². The Balaban J connectivity index is 0.967. The van der Waals surface area contributed by atoms with Gasteiger partial charge >= 0.3 is 0 Å². The van der Waals surface area contributed by atoms with Crippen molar-refractivity contribution in [3.8, 4) is 17.4 Å². The molecule has 3 fully saturated rings. The second-order valence-electron chi connectivity index (χ2n) is 14.2. The zero-order valence-corrected chi connectivity index (χ0v) is 27.9. The van der Waals surface area contributed by atoms with Crippen molar-refractivity contribution in [3.63, 3.8) is 0 Å². The summed E-state index contributed by atoms with van der Waals surface area (Å²) >= 11 is 0. The third-order valence-corrected chi connectivity index (χ3v) is 10.3. The number of nitrogens with zero attached hydrogens (tertiary/aromatic N) is 8. The van der Waals surface area contributed by atoms with Gasteiger partial charge in [-0.15, -0.1) is 10.2 Å². The summed E-state index contributed by atoms with van der Waals surface area (Å²) in [6, 6.07) is 5.94. The van der Waals surface area contributed by atoms with Crippen LogP contribution in [0, 0.1) is 17.2 Å². The number of pyridine rings is 1. The highest BCUT2D eigenvalue weighted by molar-refractivity contribution is 5.97. The van der Waals surface area contributed by atoms with Crippen molar-refractivity contribution in [2.24, 2.45) is 11.3 Å². The van der Waals surface area contributed by atoms with Crippen LogP contribution in [-0.4, -0.2) is 106 Å². The molecule has 11 nitrogen and oxygen atoms in total. The number of carbonyl (C=O) groups excluding carboxylic acids is 1. The molecule has 3 aromatic rings. The molecule has 4 aliphatic rings.